The van der Waals surface area contributed by atoms with Crippen LogP contribution in [0.2, 0.25) is 5.02 Å². The molecule has 2 radical (unpaired) electrons. The number of rotatable bonds is 4. The molecule has 0 spiro atoms. The summed E-state index contributed by atoms with van der Waals surface area (Å²) in [7, 11) is 6.18. The van der Waals surface area contributed by atoms with Crippen LogP contribution in [-0.2, 0) is 6.54 Å². The van der Waals surface area contributed by atoms with Gasteiger partial charge in [0.2, 0.25) is 0 Å². The zero-order valence-electron chi connectivity index (χ0n) is 14.8. The number of fused-ring (bicyclic) bond motifs is 4. The van der Waals surface area contributed by atoms with Gasteiger partial charge in [0.05, 0.1) is 5.56 Å². The van der Waals surface area contributed by atoms with Crippen LogP contribution in [0.3, 0.4) is 0 Å². The molecule has 3 saturated carbocycles. The zero-order chi connectivity index (χ0) is 17.6. The Kier molecular flexibility index (Phi) is 4.35. The summed E-state index contributed by atoms with van der Waals surface area (Å²) in [6.07, 6.45) is 9.66. The number of hydrogen-bond donors (Lipinski definition) is 1. The van der Waals surface area contributed by atoms with Crippen molar-refractivity contribution in [2.24, 2.45) is 11.3 Å². The average molecular weight is 355 g/mol. The first-order valence-electron chi connectivity index (χ1n) is 9.37. The Morgan fingerprint density at radius 3 is 2.64 bits per heavy atom. The highest BCUT2D eigenvalue weighted by Crippen LogP contribution is 2.49. The van der Waals surface area contributed by atoms with Crippen molar-refractivity contribution in [2.75, 3.05) is 6.54 Å². The van der Waals surface area contributed by atoms with E-state index in [1.165, 1.54) is 38.5 Å². The monoisotopic (exact) mass is 354 g/mol. The highest BCUT2D eigenvalue weighted by atomic mass is 35.5. The highest BCUT2D eigenvalue weighted by molar-refractivity contribution is 6.42. The third-order valence-electron chi connectivity index (χ3n) is 6.43. The van der Waals surface area contributed by atoms with Crippen LogP contribution in [0.15, 0.2) is 18.3 Å². The first-order chi connectivity index (χ1) is 12.0. The van der Waals surface area contributed by atoms with Gasteiger partial charge in [0.15, 0.2) is 0 Å². The number of amides is 1. The molecule has 2 bridgehead atoms. The van der Waals surface area contributed by atoms with E-state index >= 15 is 0 Å². The minimum Gasteiger partial charge on any atom is -0.351 e. The molecule has 1 aromatic heterocycles. The largest absolute Gasteiger partial charge is 0.351 e. The maximum atomic E-state index is 12.9. The molecule has 0 aliphatic heterocycles. The van der Waals surface area contributed by atoms with Crippen LogP contribution in [0.5, 0.6) is 0 Å². The summed E-state index contributed by atoms with van der Waals surface area (Å²) >= 11 is 6.15. The quantitative estimate of drug-likeness (QED) is 0.832. The van der Waals surface area contributed by atoms with Crippen LogP contribution in [0.1, 0.15) is 55.8 Å². The number of carbonyl (C=O) groups excluding carboxylic acids is 1. The van der Waals surface area contributed by atoms with Crippen molar-refractivity contribution < 1.29 is 4.79 Å². The summed E-state index contributed by atoms with van der Waals surface area (Å²) in [5.74, 6) is 0.915. The van der Waals surface area contributed by atoms with E-state index < -0.39 is 0 Å². The molecule has 5 rings (SSSR count). The SMILES string of the molecule is [B]c1cc(Cl)cc2c1c(C(=O)NCC13CCC(CC1)CC3)cn2CC. The number of aryl methyl sites for hydroxylation is 1. The van der Waals surface area contributed by atoms with Gasteiger partial charge >= 0.3 is 0 Å². The van der Waals surface area contributed by atoms with Gasteiger partial charge in [-0.05, 0) is 68.9 Å². The molecule has 3 nitrogen and oxygen atoms in total. The Balaban J connectivity index is 1.60. The second-order valence-corrected chi connectivity index (χ2v) is 8.32. The molecule has 2 aromatic rings. The van der Waals surface area contributed by atoms with Crippen molar-refractivity contribution in [2.45, 2.75) is 52.0 Å². The van der Waals surface area contributed by atoms with Crippen molar-refractivity contribution in [3.05, 3.63) is 28.9 Å². The van der Waals surface area contributed by atoms with Crippen LogP contribution in [-0.4, -0.2) is 24.9 Å². The van der Waals surface area contributed by atoms with Crippen molar-refractivity contribution in [1.29, 1.82) is 0 Å². The van der Waals surface area contributed by atoms with E-state index in [9.17, 15) is 4.79 Å². The van der Waals surface area contributed by atoms with Gasteiger partial charge in [-0.3, -0.25) is 4.79 Å². The third-order valence-corrected chi connectivity index (χ3v) is 6.65. The van der Waals surface area contributed by atoms with Crippen molar-refractivity contribution in [3.63, 3.8) is 0 Å². The van der Waals surface area contributed by atoms with Gasteiger partial charge in [0.25, 0.3) is 5.91 Å². The lowest BCUT2D eigenvalue weighted by atomic mass is 9.61. The fraction of sp³-hybridized carbons (Fsp3) is 0.550. The average Bonchev–Trinajstić information content (AvgIpc) is 3.00. The lowest BCUT2D eigenvalue weighted by Crippen LogP contribution is -2.43. The van der Waals surface area contributed by atoms with Gasteiger partial charge in [-0.25, -0.2) is 0 Å². The van der Waals surface area contributed by atoms with E-state index in [1.54, 1.807) is 6.07 Å². The summed E-state index contributed by atoms with van der Waals surface area (Å²) in [6, 6.07) is 3.61. The van der Waals surface area contributed by atoms with E-state index in [0.717, 1.165) is 29.9 Å². The molecule has 3 fully saturated rings. The molecule has 1 heterocycles. The highest BCUT2D eigenvalue weighted by Gasteiger charge is 2.40. The summed E-state index contributed by atoms with van der Waals surface area (Å²) < 4.78 is 2.04. The predicted molar refractivity (Wildman–Crippen MR) is 104 cm³/mol. The molecule has 1 N–H and O–H groups in total. The molecule has 3 aliphatic rings. The molecule has 130 valence electrons. The van der Waals surface area contributed by atoms with E-state index in [2.05, 4.69) is 12.2 Å². The Morgan fingerprint density at radius 2 is 2.00 bits per heavy atom. The topological polar surface area (TPSA) is 34.0 Å². The van der Waals surface area contributed by atoms with Crippen molar-refractivity contribution in [1.82, 2.24) is 9.88 Å². The number of hydrogen-bond acceptors (Lipinski definition) is 1. The molecule has 0 atom stereocenters. The number of aromatic nitrogens is 1. The second kappa shape index (κ2) is 6.39. The molecule has 25 heavy (non-hydrogen) atoms. The van der Waals surface area contributed by atoms with Gasteiger partial charge in [0.1, 0.15) is 7.85 Å². The molecule has 0 saturated heterocycles. The Bertz CT molecular complexity index is 807. The summed E-state index contributed by atoms with van der Waals surface area (Å²) in [5.41, 5.74) is 2.47. The van der Waals surface area contributed by atoms with Gasteiger partial charge in [-0.1, -0.05) is 17.1 Å². The van der Waals surface area contributed by atoms with Crippen LogP contribution < -0.4 is 10.8 Å². The third kappa shape index (κ3) is 2.99. The maximum absolute atomic E-state index is 12.9. The maximum Gasteiger partial charge on any atom is 0.253 e. The van der Waals surface area contributed by atoms with Crippen LogP contribution >= 0.6 is 11.6 Å². The number of nitrogens with one attached hydrogen (secondary N) is 1. The smallest absolute Gasteiger partial charge is 0.253 e. The molecular formula is C20H24BClN2O. The molecule has 0 unspecified atom stereocenters. The van der Waals surface area contributed by atoms with Crippen LogP contribution in [0, 0.1) is 11.3 Å². The number of nitrogens with zero attached hydrogens (tertiary/aromatic N) is 1. The van der Waals surface area contributed by atoms with Gasteiger partial charge < -0.3 is 9.88 Å². The minimum absolute atomic E-state index is 0.0201. The lowest BCUT2D eigenvalue weighted by Gasteiger charge is -2.46. The van der Waals surface area contributed by atoms with Crippen LogP contribution in [0.4, 0.5) is 0 Å². The predicted octanol–water partition coefficient (Wildman–Crippen LogP) is 3.81. The van der Waals surface area contributed by atoms with Gasteiger partial charge in [0, 0.05) is 35.2 Å². The summed E-state index contributed by atoms with van der Waals surface area (Å²) in [4.78, 5) is 12.9. The van der Waals surface area contributed by atoms with Crippen molar-refractivity contribution in [3.8, 4) is 0 Å². The van der Waals surface area contributed by atoms with Gasteiger partial charge in [-0.2, -0.15) is 0 Å². The Hall–Kier alpha value is -1.42. The first-order valence-corrected chi connectivity index (χ1v) is 9.75. The van der Waals surface area contributed by atoms with Gasteiger partial charge in [-0.15, -0.1) is 0 Å². The van der Waals surface area contributed by atoms with Crippen LogP contribution in [0.25, 0.3) is 10.9 Å². The van der Waals surface area contributed by atoms with E-state index in [-0.39, 0.29) is 5.91 Å². The molecule has 3 aliphatic carbocycles. The van der Waals surface area contributed by atoms with E-state index in [0.29, 0.717) is 21.5 Å². The number of carbonyl (C=O) groups is 1. The second-order valence-electron chi connectivity index (χ2n) is 7.88. The fourth-order valence-electron chi connectivity index (χ4n) is 4.82. The Morgan fingerprint density at radius 1 is 1.32 bits per heavy atom. The minimum atomic E-state index is -0.0201. The molecule has 5 heteroatoms. The zero-order valence-corrected chi connectivity index (χ0v) is 15.5. The summed E-state index contributed by atoms with van der Waals surface area (Å²) in [5, 5.41) is 4.63. The lowest BCUT2D eigenvalue weighted by molar-refractivity contribution is 0.0598. The molecule has 1 amide bonds. The fourth-order valence-corrected chi connectivity index (χ4v) is 5.04. The van der Waals surface area contributed by atoms with Crippen molar-refractivity contribution >= 4 is 41.7 Å². The van der Waals surface area contributed by atoms with E-state index in [4.69, 9.17) is 19.4 Å². The molecular weight excluding hydrogens is 330 g/mol. The first kappa shape index (κ1) is 17.0. The standard InChI is InChI=1S/C20H24BClN2O/c1-2-24-11-15(18-16(21)9-14(22)10-17(18)24)19(25)23-12-20-6-3-13(4-7-20)5-8-20/h9-11,13H,2-8,12H2,1H3,(H,23,25). The number of benzene rings is 1. The van der Waals surface area contributed by atoms with E-state index in [1.807, 2.05) is 16.8 Å². The normalized spacial score (nSPS) is 25.4. The molecule has 1 aromatic carbocycles. The summed E-state index contributed by atoms with van der Waals surface area (Å²) in [6.45, 7) is 3.61. The Labute approximate surface area is 155 Å². The number of halogens is 1.